The highest BCUT2D eigenvalue weighted by atomic mass is 16.5. The average molecular weight is 244 g/mol. The maximum atomic E-state index is 5.61. The quantitative estimate of drug-likeness (QED) is 0.669. The molecule has 1 rings (SSSR count). The Balaban J connectivity index is 2.18. The van der Waals surface area contributed by atoms with Crippen LogP contribution < -0.4 is 0 Å². The van der Waals surface area contributed by atoms with E-state index in [0.29, 0.717) is 12.1 Å². The minimum Gasteiger partial charge on any atom is -0.383 e. The lowest BCUT2D eigenvalue weighted by atomic mass is 10.2. The summed E-state index contributed by atoms with van der Waals surface area (Å²) in [7, 11) is 1.77. The third-order valence-corrected chi connectivity index (χ3v) is 3.29. The molecule has 1 heterocycles. The van der Waals surface area contributed by atoms with Gasteiger partial charge in [-0.3, -0.25) is 9.80 Å². The summed E-state index contributed by atoms with van der Waals surface area (Å²) in [4.78, 5) is 5.00. The summed E-state index contributed by atoms with van der Waals surface area (Å²) in [5.74, 6) is 0. The molecule has 0 aromatic carbocycles. The van der Waals surface area contributed by atoms with E-state index in [4.69, 9.17) is 9.47 Å². The molecule has 0 amide bonds. The van der Waals surface area contributed by atoms with E-state index in [2.05, 4.69) is 30.6 Å². The number of ether oxygens (including phenoxy) is 2. The van der Waals surface area contributed by atoms with Crippen molar-refractivity contribution in [3.05, 3.63) is 0 Å². The molecule has 0 aromatic heterocycles. The van der Waals surface area contributed by atoms with Gasteiger partial charge in [0.05, 0.1) is 19.3 Å². The zero-order chi connectivity index (χ0) is 12.7. The van der Waals surface area contributed by atoms with E-state index in [1.165, 1.54) is 0 Å². The monoisotopic (exact) mass is 244 g/mol. The Hall–Kier alpha value is -0.160. The van der Waals surface area contributed by atoms with Crippen molar-refractivity contribution >= 4 is 0 Å². The smallest absolute Gasteiger partial charge is 0.0597 e. The highest BCUT2D eigenvalue weighted by Crippen LogP contribution is 2.08. The van der Waals surface area contributed by atoms with E-state index in [1.807, 2.05) is 0 Å². The summed E-state index contributed by atoms with van der Waals surface area (Å²) in [6, 6.07) is 0.622. The summed E-state index contributed by atoms with van der Waals surface area (Å²) >= 11 is 0. The minimum absolute atomic E-state index is 0.341. The van der Waals surface area contributed by atoms with Crippen LogP contribution in [0.2, 0.25) is 0 Å². The van der Waals surface area contributed by atoms with Crippen LogP contribution in [0.1, 0.15) is 20.8 Å². The summed E-state index contributed by atoms with van der Waals surface area (Å²) in [5, 5.41) is 0. The van der Waals surface area contributed by atoms with Gasteiger partial charge in [0.2, 0.25) is 0 Å². The number of piperazine rings is 1. The summed E-state index contributed by atoms with van der Waals surface area (Å²) in [6.45, 7) is 13.7. The van der Waals surface area contributed by atoms with Crippen molar-refractivity contribution in [3.8, 4) is 0 Å². The molecule has 17 heavy (non-hydrogen) atoms. The minimum atomic E-state index is 0.341. The van der Waals surface area contributed by atoms with E-state index < -0.39 is 0 Å². The van der Waals surface area contributed by atoms with Gasteiger partial charge in [-0.25, -0.2) is 0 Å². The molecule has 102 valence electrons. The van der Waals surface area contributed by atoms with Crippen LogP contribution in [0, 0.1) is 0 Å². The average Bonchev–Trinajstić information content (AvgIpc) is 2.28. The zero-order valence-corrected chi connectivity index (χ0v) is 11.8. The van der Waals surface area contributed by atoms with Gasteiger partial charge in [-0.05, 0) is 20.8 Å². The molecule has 1 saturated heterocycles. The second-order valence-electron chi connectivity index (χ2n) is 5.10. The Bertz CT molecular complexity index is 200. The lowest BCUT2D eigenvalue weighted by Crippen LogP contribution is -2.53. The first-order chi connectivity index (χ1) is 8.13. The molecule has 0 spiro atoms. The second-order valence-corrected chi connectivity index (χ2v) is 5.10. The number of hydrogen-bond donors (Lipinski definition) is 0. The van der Waals surface area contributed by atoms with Gasteiger partial charge >= 0.3 is 0 Å². The predicted octanol–water partition coefficient (Wildman–Crippen LogP) is 1.06. The van der Waals surface area contributed by atoms with Crippen LogP contribution in [0.25, 0.3) is 0 Å². The largest absolute Gasteiger partial charge is 0.383 e. The Morgan fingerprint density at radius 3 is 2.53 bits per heavy atom. The Kier molecular flexibility index (Phi) is 7.04. The standard InChI is InChI=1S/C13H28N2O2/c1-12(2)17-10-8-15-6-5-14(7-9-16-4)11-13(15)3/h12-13H,5-11H2,1-4H3/t13-/m0/s1. The normalized spacial score (nSPS) is 23.5. The van der Waals surface area contributed by atoms with Gasteiger partial charge < -0.3 is 9.47 Å². The Morgan fingerprint density at radius 1 is 1.18 bits per heavy atom. The predicted molar refractivity (Wildman–Crippen MR) is 70.4 cm³/mol. The van der Waals surface area contributed by atoms with Crippen molar-refractivity contribution < 1.29 is 9.47 Å². The molecule has 1 fully saturated rings. The molecule has 0 N–H and O–H groups in total. The van der Waals surface area contributed by atoms with Crippen molar-refractivity contribution in [2.45, 2.75) is 32.9 Å². The van der Waals surface area contributed by atoms with Crippen LogP contribution >= 0.6 is 0 Å². The van der Waals surface area contributed by atoms with E-state index in [-0.39, 0.29) is 0 Å². The molecule has 0 unspecified atom stereocenters. The fourth-order valence-corrected chi connectivity index (χ4v) is 2.23. The number of nitrogens with zero attached hydrogens (tertiary/aromatic N) is 2. The Labute approximate surface area is 106 Å². The molecule has 1 aliphatic heterocycles. The number of methoxy groups -OCH3 is 1. The first-order valence-corrected chi connectivity index (χ1v) is 6.70. The van der Waals surface area contributed by atoms with E-state index in [1.54, 1.807) is 7.11 Å². The highest BCUT2D eigenvalue weighted by Gasteiger charge is 2.22. The molecule has 0 aromatic rings. The maximum absolute atomic E-state index is 5.61. The van der Waals surface area contributed by atoms with Crippen LogP contribution in [-0.4, -0.2) is 75.0 Å². The van der Waals surface area contributed by atoms with E-state index >= 15 is 0 Å². The molecule has 0 aliphatic carbocycles. The molecule has 0 bridgehead atoms. The SMILES string of the molecule is COCCN1CCN(CCOC(C)C)[C@@H](C)C1. The van der Waals surface area contributed by atoms with Gasteiger partial charge in [0.15, 0.2) is 0 Å². The zero-order valence-electron chi connectivity index (χ0n) is 11.8. The van der Waals surface area contributed by atoms with Crippen LogP contribution in [-0.2, 0) is 9.47 Å². The van der Waals surface area contributed by atoms with E-state index in [9.17, 15) is 0 Å². The second kappa shape index (κ2) is 8.03. The number of rotatable bonds is 7. The third kappa shape index (κ3) is 5.82. The van der Waals surface area contributed by atoms with Gasteiger partial charge in [-0.2, -0.15) is 0 Å². The summed E-state index contributed by atoms with van der Waals surface area (Å²) in [6.07, 6.45) is 0.341. The first kappa shape index (κ1) is 14.9. The van der Waals surface area contributed by atoms with Crippen molar-refractivity contribution in [2.24, 2.45) is 0 Å². The fraction of sp³-hybridized carbons (Fsp3) is 1.00. The number of hydrogen-bond acceptors (Lipinski definition) is 4. The van der Waals surface area contributed by atoms with Gasteiger partial charge in [-0.1, -0.05) is 0 Å². The van der Waals surface area contributed by atoms with Crippen LogP contribution in [0.5, 0.6) is 0 Å². The maximum Gasteiger partial charge on any atom is 0.0597 e. The van der Waals surface area contributed by atoms with Crippen molar-refractivity contribution in [1.29, 1.82) is 0 Å². The van der Waals surface area contributed by atoms with Crippen molar-refractivity contribution in [2.75, 3.05) is 53.0 Å². The molecule has 1 atom stereocenters. The lowest BCUT2D eigenvalue weighted by Gasteiger charge is -2.39. The van der Waals surface area contributed by atoms with Gasteiger partial charge in [0.1, 0.15) is 0 Å². The van der Waals surface area contributed by atoms with Gasteiger partial charge in [0.25, 0.3) is 0 Å². The molecule has 0 radical (unpaired) electrons. The molecule has 4 heteroatoms. The molecule has 1 aliphatic rings. The third-order valence-electron chi connectivity index (χ3n) is 3.29. The van der Waals surface area contributed by atoms with Gasteiger partial charge in [-0.15, -0.1) is 0 Å². The van der Waals surface area contributed by atoms with Crippen LogP contribution in [0.15, 0.2) is 0 Å². The van der Waals surface area contributed by atoms with E-state index in [0.717, 1.165) is 45.9 Å². The highest BCUT2D eigenvalue weighted by molar-refractivity contribution is 4.78. The first-order valence-electron chi connectivity index (χ1n) is 6.70. The summed E-state index contributed by atoms with van der Waals surface area (Å²) in [5.41, 5.74) is 0. The molecule has 4 nitrogen and oxygen atoms in total. The van der Waals surface area contributed by atoms with Gasteiger partial charge in [0, 0.05) is 45.9 Å². The lowest BCUT2D eigenvalue weighted by molar-refractivity contribution is 0.0205. The van der Waals surface area contributed by atoms with Crippen molar-refractivity contribution in [3.63, 3.8) is 0 Å². The summed E-state index contributed by atoms with van der Waals surface area (Å²) < 4.78 is 10.7. The Morgan fingerprint density at radius 2 is 1.94 bits per heavy atom. The van der Waals surface area contributed by atoms with Crippen LogP contribution in [0.4, 0.5) is 0 Å². The topological polar surface area (TPSA) is 24.9 Å². The fourth-order valence-electron chi connectivity index (χ4n) is 2.23. The molecule has 0 saturated carbocycles. The molecular weight excluding hydrogens is 216 g/mol. The van der Waals surface area contributed by atoms with Crippen LogP contribution in [0.3, 0.4) is 0 Å². The van der Waals surface area contributed by atoms with Crippen molar-refractivity contribution in [1.82, 2.24) is 9.80 Å². The molecular formula is C13H28N2O2.